The third-order valence-corrected chi connectivity index (χ3v) is 2.22. The van der Waals surface area contributed by atoms with Crippen LogP contribution in [0.15, 0.2) is 0 Å². The summed E-state index contributed by atoms with van der Waals surface area (Å²) >= 11 is 0. The first-order valence-corrected chi connectivity index (χ1v) is 5.41. The maximum absolute atomic E-state index is 11.0. The summed E-state index contributed by atoms with van der Waals surface area (Å²) < 4.78 is 9.60. The van der Waals surface area contributed by atoms with Crippen LogP contribution in [0.1, 0.15) is 33.6 Å². The average Bonchev–Trinajstić information content (AvgIpc) is 2.20. The van der Waals surface area contributed by atoms with Crippen LogP contribution in [0.2, 0.25) is 0 Å². The van der Waals surface area contributed by atoms with Crippen molar-refractivity contribution < 1.29 is 29.0 Å². The number of carboxylic acids is 1. The highest BCUT2D eigenvalue weighted by Crippen LogP contribution is 2.17. The fourth-order valence-corrected chi connectivity index (χ4v) is 1.46. The monoisotopic (exact) mass is 246 g/mol. The van der Waals surface area contributed by atoms with E-state index < -0.39 is 29.9 Å². The molecule has 6 heteroatoms. The van der Waals surface area contributed by atoms with E-state index in [1.54, 1.807) is 6.92 Å². The number of carbonyl (C=O) groups is 3. The molecule has 2 atom stereocenters. The van der Waals surface area contributed by atoms with Crippen molar-refractivity contribution in [3.8, 4) is 0 Å². The molecule has 6 nitrogen and oxygen atoms in total. The maximum atomic E-state index is 11.0. The fraction of sp³-hybridized carbons (Fsp3) is 0.727. The van der Waals surface area contributed by atoms with Gasteiger partial charge in [-0.2, -0.15) is 0 Å². The van der Waals surface area contributed by atoms with Crippen molar-refractivity contribution in [2.24, 2.45) is 5.92 Å². The van der Waals surface area contributed by atoms with Crippen molar-refractivity contribution >= 4 is 17.9 Å². The lowest BCUT2D eigenvalue weighted by atomic mass is 9.97. The topological polar surface area (TPSA) is 89.9 Å². The van der Waals surface area contributed by atoms with Gasteiger partial charge >= 0.3 is 17.9 Å². The summed E-state index contributed by atoms with van der Waals surface area (Å²) in [4.78, 5) is 32.4. The van der Waals surface area contributed by atoms with Gasteiger partial charge in [-0.3, -0.25) is 14.4 Å². The minimum Gasteiger partial charge on any atom is -0.481 e. The van der Waals surface area contributed by atoms with Gasteiger partial charge in [-0.15, -0.1) is 0 Å². The second-order valence-electron chi connectivity index (χ2n) is 3.63. The molecule has 0 aromatic rings. The number of rotatable bonds is 7. The second kappa shape index (κ2) is 7.65. The first-order chi connectivity index (χ1) is 7.88. The van der Waals surface area contributed by atoms with Crippen molar-refractivity contribution in [2.75, 3.05) is 6.61 Å². The zero-order valence-electron chi connectivity index (χ0n) is 10.3. The quantitative estimate of drug-likeness (QED) is 0.673. The van der Waals surface area contributed by atoms with Crippen LogP contribution in [0, 0.1) is 5.92 Å². The molecule has 0 amide bonds. The van der Waals surface area contributed by atoms with Gasteiger partial charge in [-0.05, 0) is 12.8 Å². The molecule has 0 aliphatic heterocycles. The summed E-state index contributed by atoms with van der Waals surface area (Å²) in [6.07, 6.45) is -0.169. The largest absolute Gasteiger partial charge is 0.481 e. The predicted molar refractivity (Wildman–Crippen MR) is 58.2 cm³/mol. The minimum absolute atomic E-state index is 0.00403. The van der Waals surface area contributed by atoms with Gasteiger partial charge < -0.3 is 14.6 Å². The van der Waals surface area contributed by atoms with Crippen molar-refractivity contribution in [1.29, 1.82) is 0 Å². The Hall–Kier alpha value is -1.59. The lowest BCUT2D eigenvalue weighted by Gasteiger charge is -2.22. The molecule has 0 saturated heterocycles. The van der Waals surface area contributed by atoms with Gasteiger partial charge in [0, 0.05) is 13.8 Å². The van der Waals surface area contributed by atoms with Crippen LogP contribution in [0.4, 0.5) is 0 Å². The normalized spacial score (nSPS) is 13.6. The molecule has 0 aliphatic rings. The molecular formula is C11H18O6. The van der Waals surface area contributed by atoms with Crippen molar-refractivity contribution in [3.63, 3.8) is 0 Å². The number of carbonyl (C=O) groups excluding carboxylic acids is 2. The highest BCUT2D eigenvalue weighted by atomic mass is 16.5. The number of hydrogen-bond acceptors (Lipinski definition) is 5. The summed E-state index contributed by atoms with van der Waals surface area (Å²) in [5.41, 5.74) is 0. The van der Waals surface area contributed by atoms with E-state index in [0.29, 0.717) is 6.42 Å². The molecular weight excluding hydrogens is 228 g/mol. The highest BCUT2D eigenvalue weighted by molar-refractivity contribution is 5.72. The van der Waals surface area contributed by atoms with Crippen LogP contribution in [-0.4, -0.2) is 35.7 Å². The SMILES string of the molecule is CCC(OC(C)=O)C(CCOC(C)=O)C(=O)O. The predicted octanol–water partition coefficient (Wildman–Crippen LogP) is 0.982. The Morgan fingerprint density at radius 1 is 1.18 bits per heavy atom. The lowest BCUT2D eigenvalue weighted by molar-refractivity contribution is -0.159. The van der Waals surface area contributed by atoms with Gasteiger partial charge in [0.25, 0.3) is 0 Å². The molecule has 0 aromatic carbocycles. The Labute approximate surface area is 99.9 Å². The van der Waals surface area contributed by atoms with Gasteiger partial charge in [-0.1, -0.05) is 6.92 Å². The Bertz CT molecular complexity index is 286. The molecule has 2 unspecified atom stereocenters. The number of carboxylic acid groups (broad SMARTS) is 1. The summed E-state index contributed by atoms with van der Waals surface area (Å²) in [6.45, 7) is 4.21. The van der Waals surface area contributed by atoms with E-state index in [4.69, 9.17) is 9.84 Å². The summed E-state index contributed by atoms with van der Waals surface area (Å²) in [5, 5.41) is 9.02. The molecule has 0 heterocycles. The third-order valence-electron chi connectivity index (χ3n) is 2.22. The molecule has 0 fully saturated rings. The fourth-order valence-electron chi connectivity index (χ4n) is 1.46. The molecule has 0 radical (unpaired) electrons. The lowest BCUT2D eigenvalue weighted by Crippen LogP contribution is -2.32. The van der Waals surface area contributed by atoms with Gasteiger partial charge in [-0.25, -0.2) is 0 Å². The van der Waals surface area contributed by atoms with Gasteiger partial charge in [0.05, 0.1) is 12.5 Å². The maximum Gasteiger partial charge on any atom is 0.310 e. The van der Waals surface area contributed by atoms with Crippen LogP contribution in [0.3, 0.4) is 0 Å². The van der Waals surface area contributed by atoms with E-state index in [-0.39, 0.29) is 13.0 Å². The summed E-state index contributed by atoms with van der Waals surface area (Å²) in [5.74, 6) is -2.90. The van der Waals surface area contributed by atoms with Gasteiger partial charge in [0.15, 0.2) is 0 Å². The first-order valence-electron chi connectivity index (χ1n) is 5.41. The van der Waals surface area contributed by atoms with Gasteiger partial charge in [0.2, 0.25) is 0 Å². The van der Waals surface area contributed by atoms with E-state index in [2.05, 4.69) is 4.74 Å². The molecule has 0 rings (SSSR count). The van der Waals surface area contributed by atoms with Crippen molar-refractivity contribution in [2.45, 2.75) is 39.7 Å². The molecule has 0 aromatic heterocycles. The van der Waals surface area contributed by atoms with Crippen LogP contribution >= 0.6 is 0 Å². The molecule has 0 spiro atoms. The van der Waals surface area contributed by atoms with Gasteiger partial charge in [0.1, 0.15) is 6.10 Å². The zero-order chi connectivity index (χ0) is 13.4. The van der Waals surface area contributed by atoms with E-state index in [1.807, 2.05) is 0 Å². The van der Waals surface area contributed by atoms with E-state index in [1.165, 1.54) is 13.8 Å². The molecule has 17 heavy (non-hydrogen) atoms. The van der Waals surface area contributed by atoms with Crippen LogP contribution < -0.4 is 0 Å². The Kier molecular flexibility index (Phi) is 6.93. The average molecular weight is 246 g/mol. The van der Waals surface area contributed by atoms with Crippen LogP contribution in [0.25, 0.3) is 0 Å². The first kappa shape index (κ1) is 15.4. The van der Waals surface area contributed by atoms with Crippen LogP contribution in [0.5, 0.6) is 0 Å². The number of aliphatic carboxylic acids is 1. The second-order valence-corrected chi connectivity index (χ2v) is 3.63. The molecule has 0 saturated carbocycles. The van der Waals surface area contributed by atoms with E-state index in [0.717, 1.165) is 0 Å². The molecule has 0 aliphatic carbocycles. The number of ether oxygens (including phenoxy) is 2. The summed E-state index contributed by atoms with van der Waals surface area (Å²) in [7, 11) is 0. The third kappa shape index (κ3) is 6.55. The van der Waals surface area contributed by atoms with Crippen molar-refractivity contribution in [1.82, 2.24) is 0 Å². The summed E-state index contributed by atoms with van der Waals surface area (Å²) in [6, 6.07) is 0. The van der Waals surface area contributed by atoms with Crippen molar-refractivity contribution in [3.05, 3.63) is 0 Å². The van der Waals surface area contributed by atoms with E-state index >= 15 is 0 Å². The standard InChI is InChI=1S/C11H18O6/c1-4-10(17-8(3)13)9(11(14)15)5-6-16-7(2)12/h9-10H,4-6H2,1-3H3,(H,14,15). The smallest absolute Gasteiger partial charge is 0.310 e. The highest BCUT2D eigenvalue weighted by Gasteiger charge is 2.29. The minimum atomic E-state index is -1.06. The zero-order valence-corrected chi connectivity index (χ0v) is 10.3. The van der Waals surface area contributed by atoms with E-state index in [9.17, 15) is 14.4 Å². The number of esters is 2. The van der Waals surface area contributed by atoms with Crippen LogP contribution in [-0.2, 0) is 23.9 Å². The molecule has 0 bridgehead atoms. The Morgan fingerprint density at radius 2 is 1.76 bits per heavy atom. The Balaban J connectivity index is 4.41. The Morgan fingerprint density at radius 3 is 2.12 bits per heavy atom. The molecule has 1 N–H and O–H groups in total. The number of hydrogen-bond donors (Lipinski definition) is 1. The molecule has 98 valence electrons.